The van der Waals surface area contributed by atoms with Crippen LogP contribution < -0.4 is 14.4 Å². The Labute approximate surface area is 260 Å². The second-order valence-electron chi connectivity index (χ2n) is 10.2. The number of carbonyl (C=O) groups is 1. The number of hydrogen-bond acceptors (Lipinski definition) is 6. The van der Waals surface area contributed by atoms with E-state index in [1.807, 2.05) is 61.5 Å². The SMILES string of the molecule is COc1ccc(S(=O)(=O)N(Cc2ccccc2)c2ccccc2C(=O)Nc2ccc(-c3nc4cc(C)ccc4s3)cc2)cc1. The number of hydrogen-bond donors (Lipinski definition) is 1. The van der Waals surface area contributed by atoms with Crippen molar-refractivity contribution in [1.82, 2.24) is 4.98 Å². The Morgan fingerprint density at radius 3 is 2.30 bits per heavy atom. The minimum absolute atomic E-state index is 0.0376. The number of aryl methyl sites for hydroxylation is 1. The van der Waals surface area contributed by atoms with Crippen LogP contribution in [0.1, 0.15) is 21.5 Å². The fraction of sp³-hybridized carbons (Fsp3) is 0.0857. The number of benzene rings is 5. The van der Waals surface area contributed by atoms with Crippen molar-refractivity contribution in [1.29, 1.82) is 0 Å². The summed E-state index contributed by atoms with van der Waals surface area (Å²) in [6.07, 6.45) is 0. The molecule has 0 saturated carbocycles. The number of anilines is 2. The molecule has 0 fully saturated rings. The van der Waals surface area contributed by atoms with Gasteiger partial charge in [0.15, 0.2) is 0 Å². The quantitative estimate of drug-likeness (QED) is 0.178. The zero-order chi connectivity index (χ0) is 30.7. The van der Waals surface area contributed by atoms with Crippen molar-refractivity contribution in [2.24, 2.45) is 0 Å². The van der Waals surface area contributed by atoms with Crippen molar-refractivity contribution in [3.8, 4) is 16.3 Å². The first-order chi connectivity index (χ1) is 21.3. The molecule has 0 aliphatic heterocycles. The van der Waals surface area contributed by atoms with Crippen LogP contribution in [0.2, 0.25) is 0 Å². The first-order valence-corrected chi connectivity index (χ1v) is 16.2. The number of sulfonamides is 1. The van der Waals surface area contributed by atoms with E-state index in [0.717, 1.165) is 31.9 Å². The maximum absolute atomic E-state index is 14.1. The van der Waals surface area contributed by atoms with Crippen molar-refractivity contribution in [3.05, 3.63) is 138 Å². The van der Waals surface area contributed by atoms with Gasteiger partial charge in [0.1, 0.15) is 10.8 Å². The number of amides is 1. The minimum atomic E-state index is -4.06. The van der Waals surface area contributed by atoms with Gasteiger partial charge in [-0.15, -0.1) is 11.3 Å². The third-order valence-corrected chi connectivity index (χ3v) is 10.0. The number of fused-ring (bicyclic) bond motifs is 1. The molecular weight excluding hydrogens is 591 g/mol. The summed E-state index contributed by atoms with van der Waals surface area (Å²) < 4.78 is 35.8. The third kappa shape index (κ3) is 6.06. The van der Waals surface area contributed by atoms with Crippen molar-refractivity contribution in [2.75, 3.05) is 16.7 Å². The highest BCUT2D eigenvalue weighted by atomic mass is 32.2. The Balaban J connectivity index is 1.30. The van der Waals surface area contributed by atoms with Gasteiger partial charge in [0.2, 0.25) is 0 Å². The highest BCUT2D eigenvalue weighted by Crippen LogP contribution is 2.33. The van der Waals surface area contributed by atoms with Gasteiger partial charge in [-0.3, -0.25) is 9.10 Å². The van der Waals surface area contributed by atoms with E-state index >= 15 is 0 Å². The molecule has 1 heterocycles. The molecule has 0 aliphatic carbocycles. The van der Waals surface area contributed by atoms with Crippen LogP contribution in [-0.2, 0) is 16.6 Å². The molecule has 9 heteroatoms. The summed E-state index contributed by atoms with van der Waals surface area (Å²) in [5.41, 5.74) is 4.92. The Morgan fingerprint density at radius 1 is 0.864 bits per heavy atom. The van der Waals surface area contributed by atoms with Gasteiger partial charge in [-0.1, -0.05) is 48.5 Å². The number of carbonyl (C=O) groups excluding carboxylic acids is 1. The zero-order valence-electron chi connectivity index (χ0n) is 24.1. The minimum Gasteiger partial charge on any atom is -0.497 e. The molecule has 5 aromatic carbocycles. The molecule has 0 atom stereocenters. The molecule has 1 amide bonds. The average Bonchev–Trinajstić information content (AvgIpc) is 3.47. The lowest BCUT2D eigenvalue weighted by atomic mass is 10.1. The van der Waals surface area contributed by atoms with Crippen LogP contribution in [0.4, 0.5) is 11.4 Å². The highest BCUT2D eigenvalue weighted by molar-refractivity contribution is 7.92. The third-order valence-electron chi connectivity index (χ3n) is 7.17. The molecule has 6 rings (SSSR count). The highest BCUT2D eigenvalue weighted by Gasteiger charge is 2.29. The monoisotopic (exact) mass is 619 g/mol. The summed E-state index contributed by atoms with van der Waals surface area (Å²) >= 11 is 1.62. The Bertz CT molecular complexity index is 2040. The molecule has 220 valence electrons. The van der Waals surface area contributed by atoms with Crippen molar-refractivity contribution < 1.29 is 17.9 Å². The van der Waals surface area contributed by atoms with Crippen LogP contribution in [0.15, 0.2) is 126 Å². The van der Waals surface area contributed by atoms with Crippen LogP contribution in [0.25, 0.3) is 20.8 Å². The molecule has 0 saturated heterocycles. The fourth-order valence-electron chi connectivity index (χ4n) is 4.86. The molecule has 0 bridgehead atoms. The van der Waals surface area contributed by atoms with E-state index in [9.17, 15) is 13.2 Å². The van der Waals surface area contributed by atoms with Crippen LogP contribution in [0.5, 0.6) is 5.75 Å². The summed E-state index contributed by atoms with van der Waals surface area (Å²) in [4.78, 5) is 18.5. The van der Waals surface area contributed by atoms with E-state index in [1.54, 1.807) is 47.7 Å². The Morgan fingerprint density at radius 2 is 1.57 bits per heavy atom. The van der Waals surface area contributed by atoms with Gasteiger partial charge in [0.05, 0.1) is 40.0 Å². The Kier molecular flexibility index (Phi) is 8.15. The number of methoxy groups -OCH3 is 1. The number of aromatic nitrogens is 1. The van der Waals surface area contributed by atoms with E-state index < -0.39 is 15.9 Å². The summed E-state index contributed by atoms with van der Waals surface area (Å²) in [6.45, 7) is 2.08. The number of rotatable bonds is 9. The van der Waals surface area contributed by atoms with Crippen LogP contribution in [0, 0.1) is 6.92 Å². The van der Waals surface area contributed by atoms with Crippen LogP contribution in [0.3, 0.4) is 0 Å². The second kappa shape index (κ2) is 12.3. The lowest BCUT2D eigenvalue weighted by molar-refractivity contribution is 0.102. The molecule has 0 spiro atoms. The van der Waals surface area contributed by atoms with Gasteiger partial charge >= 0.3 is 0 Å². The van der Waals surface area contributed by atoms with Gasteiger partial charge in [0.25, 0.3) is 15.9 Å². The lowest BCUT2D eigenvalue weighted by Crippen LogP contribution is -2.32. The first-order valence-electron chi connectivity index (χ1n) is 13.9. The summed E-state index contributed by atoms with van der Waals surface area (Å²) in [6, 6.07) is 35.9. The normalized spacial score (nSPS) is 11.3. The van der Waals surface area contributed by atoms with Gasteiger partial charge in [-0.2, -0.15) is 0 Å². The number of nitrogens with one attached hydrogen (secondary N) is 1. The number of nitrogens with zero attached hydrogens (tertiary/aromatic N) is 2. The van der Waals surface area contributed by atoms with Crippen molar-refractivity contribution in [3.63, 3.8) is 0 Å². The summed E-state index contributed by atoms with van der Waals surface area (Å²) in [5.74, 6) is 0.120. The van der Waals surface area contributed by atoms with Gasteiger partial charge in [0, 0.05) is 11.3 Å². The van der Waals surface area contributed by atoms with Crippen LogP contribution >= 0.6 is 11.3 Å². The fourth-order valence-corrected chi connectivity index (χ4v) is 7.29. The number of para-hydroxylation sites is 1. The predicted molar refractivity (Wildman–Crippen MR) is 177 cm³/mol. The molecule has 7 nitrogen and oxygen atoms in total. The van der Waals surface area contributed by atoms with E-state index in [4.69, 9.17) is 9.72 Å². The molecule has 0 radical (unpaired) electrons. The lowest BCUT2D eigenvalue weighted by Gasteiger charge is -2.26. The number of thiazole rings is 1. The maximum atomic E-state index is 14.1. The maximum Gasteiger partial charge on any atom is 0.264 e. The zero-order valence-corrected chi connectivity index (χ0v) is 25.7. The first kappa shape index (κ1) is 29.1. The van der Waals surface area contributed by atoms with Crippen molar-refractivity contribution >= 4 is 48.9 Å². The smallest absolute Gasteiger partial charge is 0.264 e. The average molecular weight is 620 g/mol. The van der Waals surface area contributed by atoms with Gasteiger partial charge in [-0.25, -0.2) is 13.4 Å². The Hall–Kier alpha value is -4.99. The summed E-state index contributed by atoms with van der Waals surface area (Å²) in [7, 11) is -2.54. The summed E-state index contributed by atoms with van der Waals surface area (Å²) in [5, 5.41) is 3.84. The van der Waals surface area contributed by atoms with Crippen molar-refractivity contribution in [2.45, 2.75) is 18.4 Å². The predicted octanol–water partition coefficient (Wildman–Crippen LogP) is 7.93. The van der Waals surface area contributed by atoms with E-state index in [0.29, 0.717) is 11.4 Å². The van der Waals surface area contributed by atoms with E-state index in [-0.39, 0.29) is 22.7 Å². The molecule has 6 aromatic rings. The molecule has 0 aliphatic rings. The topological polar surface area (TPSA) is 88.6 Å². The molecule has 44 heavy (non-hydrogen) atoms. The van der Waals surface area contributed by atoms with E-state index in [1.165, 1.54) is 23.5 Å². The van der Waals surface area contributed by atoms with Crippen LogP contribution in [-0.4, -0.2) is 26.4 Å². The molecular formula is C35H29N3O4S2. The largest absolute Gasteiger partial charge is 0.497 e. The molecule has 1 aromatic heterocycles. The second-order valence-corrected chi connectivity index (χ2v) is 13.1. The van der Waals surface area contributed by atoms with Gasteiger partial charge < -0.3 is 10.1 Å². The van der Waals surface area contributed by atoms with E-state index in [2.05, 4.69) is 23.5 Å². The number of ether oxygens (including phenoxy) is 1. The standard InChI is InChI=1S/C35H29N3O4S2/c1-24-12-21-33-31(22-24)37-35(43-33)26-13-15-27(16-14-26)36-34(39)30-10-6-7-11-32(30)38(23-25-8-4-3-5-9-25)44(40,41)29-19-17-28(42-2)18-20-29/h3-22H,23H2,1-2H3,(H,36,39). The van der Waals surface area contributed by atoms with Gasteiger partial charge in [-0.05, 0) is 90.8 Å². The molecule has 0 unspecified atom stereocenters. The molecule has 1 N–H and O–H groups in total.